The standard InChI is InChI=1S/C34H53N9O13/c1-16(2)12-22(41-30(51)23(40-28(49)17(3)35)13-19-14-36-15-37-19)31(52)42-27(18(4)44)33(54)43-11-5-6-24(43)32(53)38-20(7-9-25(45)46)29(50)39-21(34(55)56)8-10-26(47)48/h14-18,20-24,27,44H,5-13,35H2,1-4H3,(H,36,37)(H,38,53)(H,39,50)(H,40,49)(H,41,51)(H,42,52)(H,45,46)(H,47,48)(H,55,56). The van der Waals surface area contributed by atoms with Crippen LogP contribution in [0.5, 0.6) is 0 Å². The second-order valence-corrected chi connectivity index (χ2v) is 14.1. The Hall–Kier alpha value is -5.64. The lowest BCUT2D eigenvalue weighted by atomic mass is 10.0. The lowest BCUT2D eigenvalue weighted by Crippen LogP contribution is -2.61. The predicted octanol–water partition coefficient (Wildman–Crippen LogP) is -3.04. The van der Waals surface area contributed by atoms with Gasteiger partial charge in [-0.3, -0.25) is 38.4 Å². The molecule has 312 valence electrons. The van der Waals surface area contributed by atoms with Crippen LogP contribution in [0.4, 0.5) is 0 Å². The van der Waals surface area contributed by atoms with Crippen molar-refractivity contribution < 1.29 is 63.6 Å². The van der Waals surface area contributed by atoms with Gasteiger partial charge >= 0.3 is 17.9 Å². The molecule has 1 saturated heterocycles. The molecule has 1 fully saturated rings. The summed E-state index contributed by atoms with van der Waals surface area (Å²) in [6.45, 7) is 6.19. The fourth-order valence-electron chi connectivity index (χ4n) is 5.83. The summed E-state index contributed by atoms with van der Waals surface area (Å²) in [7, 11) is 0. The molecule has 2 rings (SSSR count). The second-order valence-electron chi connectivity index (χ2n) is 14.1. The zero-order chi connectivity index (χ0) is 42.3. The molecule has 8 unspecified atom stereocenters. The van der Waals surface area contributed by atoms with Crippen LogP contribution >= 0.6 is 0 Å². The molecule has 1 aliphatic heterocycles. The number of aromatic amines is 1. The number of aliphatic carboxylic acids is 3. The number of carbonyl (C=O) groups excluding carboxylic acids is 6. The summed E-state index contributed by atoms with van der Waals surface area (Å²) >= 11 is 0. The molecule has 0 spiro atoms. The Labute approximate surface area is 322 Å². The Morgan fingerprint density at radius 3 is 1.88 bits per heavy atom. The van der Waals surface area contributed by atoms with Crippen LogP contribution in [-0.2, 0) is 49.6 Å². The van der Waals surface area contributed by atoms with Crippen molar-refractivity contribution in [2.24, 2.45) is 11.7 Å². The fourth-order valence-corrected chi connectivity index (χ4v) is 5.83. The molecule has 22 nitrogen and oxygen atoms in total. The maximum atomic E-state index is 13.9. The third-order valence-electron chi connectivity index (χ3n) is 8.79. The summed E-state index contributed by atoms with van der Waals surface area (Å²) in [6, 6.07) is -9.54. The fraction of sp³-hybridized carbons (Fsp3) is 0.647. The minimum atomic E-state index is -1.66. The van der Waals surface area contributed by atoms with Gasteiger partial charge in [-0.25, -0.2) is 9.78 Å². The number of amides is 6. The van der Waals surface area contributed by atoms with Gasteiger partial charge in [0.2, 0.25) is 35.4 Å². The Bertz CT molecular complexity index is 1570. The number of hydrogen-bond donors (Lipinski definition) is 11. The molecule has 0 saturated carbocycles. The van der Waals surface area contributed by atoms with Gasteiger partial charge in [0.05, 0.1) is 18.5 Å². The van der Waals surface area contributed by atoms with Crippen molar-refractivity contribution in [3.05, 3.63) is 18.2 Å². The van der Waals surface area contributed by atoms with Gasteiger partial charge in [0.15, 0.2) is 0 Å². The first-order valence-electron chi connectivity index (χ1n) is 18.1. The van der Waals surface area contributed by atoms with Crippen molar-refractivity contribution in [2.75, 3.05) is 6.54 Å². The van der Waals surface area contributed by atoms with Gasteiger partial charge in [-0.2, -0.15) is 0 Å². The maximum absolute atomic E-state index is 13.9. The molecule has 2 heterocycles. The second kappa shape index (κ2) is 22.0. The molecule has 22 heteroatoms. The van der Waals surface area contributed by atoms with Crippen LogP contribution in [0.3, 0.4) is 0 Å². The molecule has 6 amide bonds. The normalized spacial score (nSPS) is 17.6. The Morgan fingerprint density at radius 1 is 0.804 bits per heavy atom. The van der Waals surface area contributed by atoms with Crippen LogP contribution in [0.1, 0.15) is 78.3 Å². The first kappa shape index (κ1) is 46.5. The molecule has 1 aliphatic rings. The third kappa shape index (κ3) is 14.9. The van der Waals surface area contributed by atoms with E-state index in [1.807, 2.05) is 0 Å². The summed E-state index contributed by atoms with van der Waals surface area (Å²) in [6.07, 6.45) is -0.491. The van der Waals surface area contributed by atoms with Crippen molar-refractivity contribution in [3.63, 3.8) is 0 Å². The van der Waals surface area contributed by atoms with E-state index < -0.39 is 127 Å². The van der Waals surface area contributed by atoms with E-state index in [9.17, 15) is 58.5 Å². The molecule has 1 aromatic heterocycles. The first-order valence-corrected chi connectivity index (χ1v) is 18.1. The van der Waals surface area contributed by atoms with Crippen LogP contribution in [0.25, 0.3) is 0 Å². The molecule has 0 radical (unpaired) electrons. The number of aromatic nitrogens is 2. The number of hydrogen-bond acceptors (Lipinski definition) is 12. The summed E-state index contributed by atoms with van der Waals surface area (Å²) in [5, 5.41) is 50.4. The number of nitrogens with two attached hydrogens (primary N) is 1. The molecule has 0 bridgehead atoms. The van der Waals surface area contributed by atoms with Gasteiger partial charge in [0.25, 0.3) is 0 Å². The van der Waals surface area contributed by atoms with Crippen molar-refractivity contribution in [1.82, 2.24) is 41.5 Å². The van der Waals surface area contributed by atoms with Crippen LogP contribution in [0.15, 0.2) is 12.5 Å². The number of nitrogens with zero attached hydrogens (tertiary/aromatic N) is 2. The molecule has 0 aromatic carbocycles. The smallest absolute Gasteiger partial charge is 0.326 e. The minimum absolute atomic E-state index is 0.0149. The number of aliphatic hydroxyl groups excluding tert-OH is 1. The first-order chi connectivity index (χ1) is 26.2. The summed E-state index contributed by atoms with van der Waals surface area (Å²) in [4.78, 5) is 122. The van der Waals surface area contributed by atoms with Crippen LogP contribution in [-0.4, -0.2) is 144 Å². The topological polar surface area (TPSA) is 353 Å². The molecular formula is C34H53N9O13. The Kier molecular flexibility index (Phi) is 18.3. The van der Waals surface area contributed by atoms with Gasteiger partial charge in [0.1, 0.15) is 36.3 Å². The Morgan fingerprint density at radius 2 is 1.36 bits per heavy atom. The van der Waals surface area contributed by atoms with Gasteiger partial charge in [-0.1, -0.05) is 13.8 Å². The molecule has 12 N–H and O–H groups in total. The summed E-state index contributed by atoms with van der Waals surface area (Å²) in [5.74, 6) is -9.49. The van der Waals surface area contributed by atoms with E-state index in [0.29, 0.717) is 5.69 Å². The number of likely N-dealkylation sites (tertiary alicyclic amines) is 1. The van der Waals surface area contributed by atoms with E-state index in [2.05, 4.69) is 36.6 Å². The molecule has 56 heavy (non-hydrogen) atoms. The number of imidazole rings is 1. The van der Waals surface area contributed by atoms with Crippen molar-refractivity contribution in [2.45, 2.75) is 127 Å². The average Bonchev–Trinajstić information content (AvgIpc) is 3.82. The van der Waals surface area contributed by atoms with E-state index in [1.54, 1.807) is 13.8 Å². The summed E-state index contributed by atoms with van der Waals surface area (Å²) < 4.78 is 0. The number of nitrogens with one attached hydrogen (secondary N) is 6. The monoisotopic (exact) mass is 795 g/mol. The average molecular weight is 796 g/mol. The van der Waals surface area contributed by atoms with Gasteiger partial charge < -0.3 is 62.6 Å². The number of carboxylic acids is 3. The van der Waals surface area contributed by atoms with Crippen molar-refractivity contribution >= 4 is 53.4 Å². The lowest BCUT2D eigenvalue weighted by molar-refractivity contribution is -0.146. The van der Waals surface area contributed by atoms with Gasteiger partial charge in [-0.15, -0.1) is 0 Å². The third-order valence-corrected chi connectivity index (χ3v) is 8.79. The van der Waals surface area contributed by atoms with Crippen LogP contribution in [0, 0.1) is 5.92 Å². The molecule has 0 aliphatic carbocycles. The molecule has 1 aromatic rings. The maximum Gasteiger partial charge on any atom is 0.326 e. The highest BCUT2D eigenvalue weighted by molar-refractivity contribution is 5.97. The number of carbonyl (C=O) groups is 9. The summed E-state index contributed by atoms with van der Waals surface area (Å²) in [5.41, 5.74) is 6.18. The Balaban J connectivity index is 2.27. The van der Waals surface area contributed by atoms with E-state index in [0.717, 1.165) is 4.90 Å². The number of rotatable bonds is 23. The number of carboxylic acid groups (broad SMARTS) is 3. The predicted molar refractivity (Wildman–Crippen MR) is 193 cm³/mol. The highest BCUT2D eigenvalue weighted by Gasteiger charge is 2.41. The minimum Gasteiger partial charge on any atom is -0.481 e. The van der Waals surface area contributed by atoms with Crippen LogP contribution in [0.2, 0.25) is 0 Å². The number of H-pyrrole nitrogens is 1. The molecular weight excluding hydrogens is 742 g/mol. The van der Waals surface area contributed by atoms with Crippen molar-refractivity contribution in [1.29, 1.82) is 0 Å². The zero-order valence-corrected chi connectivity index (χ0v) is 31.6. The highest BCUT2D eigenvalue weighted by atomic mass is 16.4. The quantitative estimate of drug-likeness (QED) is 0.0524. The van der Waals surface area contributed by atoms with E-state index >= 15 is 0 Å². The van der Waals surface area contributed by atoms with Crippen LogP contribution < -0.4 is 32.3 Å². The van der Waals surface area contributed by atoms with E-state index in [4.69, 9.17) is 10.8 Å². The molecule has 8 atom stereocenters. The van der Waals surface area contributed by atoms with Gasteiger partial charge in [-0.05, 0) is 51.9 Å². The van der Waals surface area contributed by atoms with Crippen molar-refractivity contribution in [3.8, 4) is 0 Å². The van der Waals surface area contributed by atoms with Gasteiger partial charge in [0, 0.05) is 37.7 Å². The zero-order valence-electron chi connectivity index (χ0n) is 31.6. The highest BCUT2D eigenvalue weighted by Crippen LogP contribution is 2.20. The SMILES string of the molecule is CC(C)CC(NC(=O)C(Cc1cnc[nH]1)NC(=O)C(C)N)C(=O)NC(C(=O)N1CCCC1C(=O)NC(CCC(=O)O)C(=O)NC(CCC(=O)O)C(=O)O)C(C)O. The number of aliphatic hydroxyl groups is 1. The lowest BCUT2D eigenvalue weighted by Gasteiger charge is -2.32. The largest absolute Gasteiger partial charge is 0.481 e. The van der Waals surface area contributed by atoms with E-state index in [1.165, 1.54) is 26.4 Å². The van der Waals surface area contributed by atoms with E-state index in [-0.39, 0.29) is 38.1 Å².